The molecule has 2 atom stereocenters. The monoisotopic (exact) mass is 413 g/mol. The first kappa shape index (κ1) is 20.2. The van der Waals surface area contributed by atoms with Gasteiger partial charge in [0.1, 0.15) is 0 Å². The summed E-state index contributed by atoms with van der Waals surface area (Å²) in [4.78, 5) is 16.7. The predicted octanol–water partition coefficient (Wildman–Crippen LogP) is 3.47. The second-order valence-corrected chi connectivity index (χ2v) is 8.52. The second kappa shape index (κ2) is 8.34. The minimum atomic E-state index is -0.141. The van der Waals surface area contributed by atoms with Crippen molar-refractivity contribution >= 4 is 17.6 Å². The van der Waals surface area contributed by atoms with Crippen molar-refractivity contribution in [1.82, 2.24) is 15.1 Å². The van der Waals surface area contributed by atoms with Crippen LogP contribution < -0.4 is 5.32 Å². The Bertz CT molecular complexity index is 837. The van der Waals surface area contributed by atoms with E-state index >= 15 is 0 Å². The number of carbonyl (C=O) groups excluding carboxylic acids is 1. The molecule has 5 nitrogen and oxygen atoms in total. The summed E-state index contributed by atoms with van der Waals surface area (Å²) < 4.78 is 0. The lowest BCUT2D eigenvalue weighted by atomic mass is 9.60. The molecule has 0 bridgehead atoms. The van der Waals surface area contributed by atoms with Crippen LogP contribution in [0.4, 0.5) is 4.79 Å². The van der Waals surface area contributed by atoms with Crippen molar-refractivity contribution in [2.24, 2.45) is 0 Å². The number of urea groups is 1. The number of rotatable bonds is 6. The van der Waals surface area contributed by atoms with Gasteiger partial charge in [0, 0.05) is 43.2 Å². The maximum absolute atomic E-state index is 12.4. The second-order valence-electron chi connectivity index (χ2n) is 8.08. The van der Waals surface area contributed by atoms with E-state index in [1.807, 2.05) is 47.4 Å². The van der Waals surface area contributed by atoms with Crippen molar-refractivity contribution in [3.05, 3.63) is 70.7 Å². The van der Waals surface area contributed by atoms with E-state index in [9.17, 15) is 9.90 Å². The highest BCUT2D eigenvalue weighted by Crippen LogP contribution is 2.54. The predicted molar refractivity (Wildman–Crippen MR) is 115 cm³/mol. The summed E-state index contributed by atoms with van der Waals surface area (Å²) >= 11 is 6.04. The van der Waals surface area contributed by atoms with Gasteiger partial charge in [-0.2, -0.15) is 0 Å². The van der Waals surface area contributed by atoms with Crippen LogP contribution in [0.25, 0.3) is 0 Å². The number of hydrogen-bond donors (Lipinski definition) is 2. The first-order valence-electron chi connectivity index (χ1n) is 10.3. The van der Waals surface area contributed by atoms with Gasteiger partial charge in [0.05, 0.1) is 12.1 Å². The fourth-order valence-corrected chi connectivity index (χ4v) is 5.03. The van der Waals surface area contributed by atoms with Crippen molar-refractivity contribution in [1.29, 1.82) is 0 Å². The molecule has 2 heterocycles. The fraction of sp³-hybridized carbons (Fsp3) is 0.435. The summed E-state index contributed by atoms with van der Waals surface area (Å²) in [5, 5.41) is 13.9. The molecule has 0 aromatic heterocycles. The molecule has 0 radical (unpaired) electrons. The molecule has 0 aliphatic carbocycles. The Morgan fingerprint density at radius 3 is 2.48 bits per heavy atom. The molecule has 0 unspecified atom stereocenters. The Morgan fingerprint density at radius 1 is 1.17 bits per heavy atom. The number of aliphatic hydroxyl groups is 1. The summed E-state index contributed by atoms with van der Waals surface area (Å²) in [6, 6.07) is 18.3. The van der Waals surface area contributed by atoms with E-state index in [0.29, 0.717) is 19.6 Å². The van der Waals surface area contributed by atoms with Gasteiger partial charge in [-0.25, -0.2) is 4.79 Å². The minimum Gasteiger partial charge on any atom is -0.395 e. The molecule has 29 heavy (non-hydrogen) atoms. The van der Waals surface area contributed by atoms with Crippen LogP contribution in [-0.2, 0) is 6.54 Å². The third-order valence-electron chi connectivity index (χ3n) is 6.29. The topological polar surface area (TPSA) is 55.8 Å². The molecule has 2 saturated heterocycles. The number of aliphatic hydroxyl groups excluding tert-OH is 1. The number of hydrogen-bond acceptors (Lipinski definition) is 3. The van der Waals surface area contributed by atoms with Gasteiger partial charge < -0.3 is 15.3 Å². The zero-order valence-corrected chi connectivity index (χ0v) is 17.5. The quantitative estimate of drug-likeness (QED) is 0.762. The van der Waals surface area contributed by atoms with Crippen LogP contribution in [0, 0.1) is 0 Å². The van der Waals surface area contributed by atoms with Gasteiger partial charge >= 0.3 is 6.03 Å². The Hall–Kier alpha value is -2.08. The third-order valence-corrected chi connectivity index (χ3v) is 6.54. The SMILES string of the molecule is CCCNC(=O)N1CC2(C1)[C@@H](c1ccccc1)[C@@H](CO)N2Cc1ccc(Cl)cc1. The number of likely N-dealkylation sites (tertiary alicyclic amines) is 2. The average Bonchev–Trinajstić information content (AvgIpc) is 2.70. The summed E-state index contributed by atoms with van der Waals surface area (Å²) in [6.07, 6.45) is 0.923. The highest BCUT2D eigenvalue weighted by molar-refractivity contribution is 6.30. The highest BCUT2D eigenvalue weighted by atomic mass is 35.5. The lowest BCUT2D eigenvalue weighted by molar-refractivity contribution is -0.183. The van der Waals surface area contributed by atoms with Crippen LogP contribution >= 0.6 is 11.6 Å². The fourth-order valence-electron chi connectivity index (χ4n) is 4.90. The van der Waals surface area contributed by atoms with Gasteiger partial charge in [0.2, 0.25) is 0 Å². The van der Waals surface area contributed by atoms with Crippen molar-refractivity contribution < 1.29 is 9.90 Å². The van der Waals surface area contributed by atoms with Crippen LogP contribution in [0.2, 0.25) is 5.02 Å². The Balaban J connectivity index is 1.58. The van der Waals surface area contributed by atoms with Crippen molar-refractivity contribution in [3.63, 3.8) is 0 Å². The lowest BCUT2D eigenvalue weighted by Gasteiger charge is -2.70. The van der Waals surface area contributed by atoms with Crippen LogP contribution in [-0.4, -0.2) is 58.8 Å². The number of nitrogens with zero attached hydrogens (tertiary/aromatic N) is 2. The van der Waals surface area contributed by atoms with Gasteiger partial charge in [-0.15, -0.1) is 0 Å². The first-order valence-corrected chi connectivity index (χ1v) is 10.7. The van der Waals surface area contributed by atoms with E-state index in [0.717, 1.165) is 23.6 Å². The van der Waals surface area contributed by atoms with E-state index < -0.39 is 0 Å². The van der Waals surface area contributed by atoms with Crippen LogP contribution in [0.5, 0.6) is 0 Å². The molecule has 1 spiro atoms. The highest BCUT2D eigenvalue weighted by Gasteiger charge is 2.66. The molecule has 0 saturated carbocycles. The van der Waals surface area contributed by atoms with Gasteiger partial charge in [0.25, 0.3) is 0 Å². The normalized spacial score (nSPS) is 22.8. The van der Waals surface area contributed by atoms with Gasteiger partial charge in [-0.3, -0.25) is 4.90 Å². The van der Waals surface area contributed by atoms with E-state index in [-0.39, 0.29) is 30.1 Å². The third kappa shape index (κ3) is 3.63. The molecule has 2 aliphatic rings. The van der Waals surface area contributed by atoms with Gasteiger partial charge in [-0.1, -0.05) is 61.0 Å². The lowest BCUT2D eigenvalue weighted by Crippen LogP contribution is -2.85. The number of benzene rings is 2. The molecule has 2 fully saturated rings. The molecular weight excluding hydrogens is 386 g/mol. The number of amides is 2. The van der Waals surface area contributed by atoms with Crippen molar-refractivity contribution in [2.75, 3.05) is 26.2 Å². The van der Waals surface area contributed by atoms with E-state index in [4.69, 9.17) is 11.6 Å². The van der Waals surface area contributed by atoms with E-state index in [2.05, 4.69) is 29.3 Å². The largest absolute Gasteiger partial charge is 0.395 e. The molecular formula is C23H28ClN3O2. The summed E-state index contributed by atoms with van der Waals surface area (Å²) in [7, 11) is 0. The molecule has 2 aromatic rings. The molecule has 154 valence electrons. The zero-order chi connectivity index (χ0) is 20.4. The zero-order valence-electron chi connectivity index (χ0n) is 16.7. The molecule has 2 aromatic carbocycles. The van der Waals surface area contributed by atoms with Crippen molar-refractivity contribution in [2.45, 2.75) is 37.4 Å². The molecule has 2 N–H and O–H groups in total. The number of nitrogens with one attached hydrogen (secondary N) is 1. The maximum atomic E-state index is 12.4. The molecule has 4 rings (SSSR count). The summed E-state index contributed by atoms with van der Waals surface area (Å²) in [5.74, 6) is 0.205. The van der Waals surface area contributed by atoms with Crippen LogP contribution in [0.15, 0.2) is 54.6 Å². The number of carbonyl (C=O) groups is 1. The molecule has 2 aliphatic heterocycles. The van der Waals surface area contributed by atoms with Gasteiger partial charge in [-0.05, 0) is 29.7 Å². The number of halogens is 1. The minimum absolute atomic E-state index is 0.00294. The molecule has 6 heteroatoms. The van der Waals surface area contributed by atoms with Crippen LogP contribution in [0.3, 0.4) is 0 Å². The smallest absolute Gasteiger partial charge is 0.317 e. The van der Waals surface area contributed by atoms with E-state index in [1.54, 1.807) is 0 Å². The Labute approximate surface area is 177 Å². The van der Waals surface area contributed by atoms with Crippen LogP contribution in [0.1, 0.15) is 30.4 Å². The van der Waals surface area contributed by atoms with Gasteiger partial charge in [0.15, 0.2) is 0 Å². The Kier molecular flexibility index (Phi) is 5.81. The average molecular weight is 414 g/mol. The summed E-state index contributed by atoms with van der Waals surface area (Å²) in [5.41, 5.74) is 2.25. The van der Waals surface area contributed by atoms with E-state index in [1.165, 1.54) is 5.56 Å². The standard InChI is InChI=1S/C23H28ClN3O2/c1-2-12-25-22(29)26-15-23(16-26)21(18-6-4-3-5-7-18)20(14-28)27(23)13-17-8-10-19(24)11-9-17/h3-11,20-21,28H,2,12-16H2,1H3,(H,25,29)/t20-,21+/m1/s1. The molecule has 2 amide bonds. The first-order chi connectivity index (χ1) is 14.1. The summed E-state index contributed by atoms with van der Waals surface area (Å²) in [6.45, 7) is 4.92. The maximum Gasteiger partial charge on any atom is 0.317 e. The van der Waals surface area contributed by atoms with Crippen molar-refractivity contribution in [3.8, 4) is 0 Å². The Morgan fingerprint density at radius 2 is 1.86 bits per heavy atom.